The van der Waals surface area contributed by atoms with E-state index in [1.165, 1.54) is 0 Å². The Bertz CT molecular complexity index is 596. The largest absolute Gasteiger partial charge is 0.478 e. The summed E-state index contributed by atoms with van der Waals surface area (Å²) in [5.41, 5.74) is 1.74. The Labute approximate surface area is 85.5 Å². The van der Waals surface area contributed by atoms with Crippen molar-refractivity contribution in [2.24, 2.45) is 4.99 Å². The number of carbonyl (C=O) groups is 1. The van der Waals surface area contributed by atoms with E-state index in [2.05, 4.69) is 4.99 Å². The zero-order chi connectivity index (χ0) is 10.4. The van der Waals surface area contributed by atoms with Crippen LogP contribution in [-0.2, 0) is 6.54 Å². The van der Waals surface area contributed by atoms with Crippen LogP contribution in [0, 0.1) is 0 Å². The van der Waals surface area contributed by atoms with Crippen LogP contribution in [0.4, 0.5) is 5.69 Å². The Morgan fingerprint density at radius 3 is 3.07 bits per heavy atom. The molecule has 2 heterocycles. The minimum Gasteiger partial charge on any atom is -0.478 e. The van der Waals surface area contributed by atoms with Gasteiger partial charge in [-0.05, 0) is 12.1 Å². The summed E-state index contributed by atoms with van der Waals surface area (Å²) in [6.07, 6.45) is 3.68. The van der Waals surface area contributed by atoms with Gasteiger partial charge >= 0.3 is 5.97 Å². The summed E-state index contributed by atoms with van der Waals surface area (Å²) in [4.78, 5) is 15.2. The summed E-state index contributed by atoms with van der Waals surface area (Å²) in [5, 5.41) is 10.1. The summed E-state index contributed by atoms with van der Waals surface area (Å²) in [7, 11) is 0. The standard InChI is InChI=1S/C11H8N2O2/c14-11(15)8-2-1-7-3-5-13-6-4-12-9(8)10(7)13/h1-5H,6H2,(H,14,15). The Morgan fingerprint density at radius 1 is 1.40 bits per heavy atom. The van der Waals surface area contributed by atoms with Crippen molar-refractivity contribution in [1.82, 2.24) is 4.57 Å². The van der Waals surface area contributed by atoms with Crippen LogP contribution < -0.4 is 0 Å². The molecule has 0 spiro atoms. The van der Waals surface area contributed by atoms with Crippen molar-refractivity contribution < 1.29 is 9.90 Å². The zero-order valence-electron chi connectivity index (χ0n) is 7.84. The van der Waals surface area contributed by atoms with Crippen LogP contribution in [0.3, 0.4) is 0 Å². The fraction of sp³-hybridized carbons (Fsp3) is 0.0909. The highest BCUT2D eigenvalue weighted by Gasteiger charge is 2.17. The van der Waals surface area contributed by atoms with Crippen LogP contribution in [0.2, 0.25) is 0 Å². The normalized spacial score (nSPS) is 13.3. The number of aromatic nitrogens is 1. The van der Waals surface area contributed by atoms with Crippen molar-refractivity contribution in [3.8, 4) is 0 Å². The number of rotatable bonds is 1. The van der Waals surface area contributed by atoms with Crippen molar-refractivity contribution >= 4 is 28.8 Å². The lowest BCUT2D eigenvalue weighted by Crippen LogP contribution is -2.05. The molecule has 15 heavy (non-hydrogen) atoms. The number of carboxylic acid groups (broad SMARTS) is 1. The molecule has 1 aromatic heterocycles. The number of hydrogen-bond acceptors (Lipinski definition) is 2. The number of nitrogens with zero attached hydrogens (tertiary/aromatic N) is 2. The summed E-state index contributed by atoms with van der Waals surface area (Å²) < 4.78 is 2.00. The van der Waals surface area contributed by atoms with Crippen molar-refractivity contribution in [2.45, 2.75) is 6.54 Å². The second-order valence-electron chi connectivity index (χ2n) is 3.48. The molecule has 0 saturated carbocycles. The average molecular weight is 200 g/mol. The van der Waals surface area contributed by atoms with E-state index < -0.39 is 5.97 Å². The molecule has 0 aliphatic carbocycles. The van der Waals surface area contributed by atoms with E-state index in [0.29, 0.717) is 12.2 Å². The number of carboxylic acids is 1. The monoisotopic (exact) mass is 200 g/mol. The molecule has 0 radical (unpaired) electrons. The first-order chi connectivity index (χ1) is 7.27. The Kier molecular flexibility index (Phi) is 1.48. The molecular formula is C11H8N2O2. The molecule has 0 amide bonds. The Morgan fingerprint density at radius 2 is 2.27 bits per heavy atom. The van der Waals surface area contributed by atoms with E-state index in [9.17, 15) is 4.79 Å². The maximum Gasteiger partial charge on any atom is 0.337 e. The molecular weight excluding hydrogens is 192 g/mol. The SMILES string of the molecule is O=C(O)c1ccc2ccn3c2c1N=CC3. The molecule has 74 valence electrons. The van der Waals surface area contributed by atoms with Crippen LogP contribution in [0.15, 0.2) is 29.4 Å². The predicted molar refractivity (Wildman–Crippen MR) is 57.0 cm³/mol. The maximum atomic E-state index is 11.0. The molecule has 1 aromatic carbocycles. The molecule has 1 aliphatic rings. The van der Waals surface area contributed by atoms with Gasteiger partial charge in [-0.3, -0.25) is 4.99 Å². The van der Waals surface area contributed by atoms with E-state index in [-0.39, 0.29) is 5.56 Å². The summed E-state index contributed by atoms with van der Waals surface area (Å²) in [5.74, 6) is -0.932. The highest BCUT2D eigenvalue weighted by atomic mass is 16.4. The first-order valence-corrected chi connectivity index (χ1v) is 4.65. The second-order valence-corrected chi connectivity index (χ2v) is 3.48. The molecule has 2 aromatic rings. The highest BCUT2D eigenvalue weighted by Crippen LogP contribution is 2.32. The topological polar surface area (TPSA) is 54.6 Å². The molecule has 0 unspecified atom stereocenters. The lowest BCUT2D eigenvalue weighted by molar-refractivity contribution is 0.0698. The third kappa shape index (κ3) is 1.01. The Balaban J connectivity index is 2.47. The van der Waals surface area contributed by atoms with Gasteiger partial charge in [0.05, 0.1) is 17.6 Å². The van der Waals surface area contributed by atoms with Crippen molar-refractivity contribution in [3.63, 3.8) is 0 Å². The average Bonchev–Trinajstić information content (AvgIpc) is 2.64. The lowest BCUT2D eigenvalue weighted by Gasteiger charge is -2.11. The van der Waals surface area contributed by atoms with Crippen LogP contribution in [0.1, 0.15) is 10.4 Å². The summed E-state index contributed by atoms with van der Waals surface area (Å²) >= 11 is 0. The second kappa shape index (κ2) is 2.70. The van der Waals surface area contributed by atoms with Crippen LogP contribution in [-0.4, -0.2) is 21.9 Å². The minimum absolute atomic E-state index is 0.262. The Hall–Kier alpha value is -2.10. The number of aliphatic imine (C=N–C) groups is 1. The number of hydrogen-bond donors (Lipinski definition) is 1. The van der Waals surface area contributed by atoms with Gasteiger partial charge in [-0.2, -0.15) is 0 Å². The van der Waals surface area contributed by atoms with E-state index >= 15 is 0 Å². The highest BCUT2D eigenvalue weighted by molar-refractivity contribution is 6.05. The zero-order valence-corrected chi connectivity index (χ0v) is 7.84. The minimum atomic E-state index is -0.932. The van der Waals surface area contributed by atoms with Gasteiger partial charge in [0.15, 0.2) is 0 Å². The quantitative estimate of drug-likeness (QED) is 0.765. The van der Waals surface area contributed by atoms with Crippen molar-refractivity contribution in [2.75, 3.05) is 0 Å². The molecule has 0 bridgehead atoms. The summed E-state index contributed by atoms with van der Waals surface area (Å²) in [6.45, 7) is 0.708. The fourth-order valence-electron chi connectivity index (χ4n) is 1.95. The van der Waals surface area contributed by atoms with Gasteiger partial charge in [-0.25, -0.2) is 4.79 Å². The van der Waals surface area contributed by atoms with Crippen molar-refractivity contribution in [3.05, 3.63) is 30.0 Å². The van der Waals surface area contributed by atoms with Gasteiger partial charge in [-0.1, -0.05) is 6.07 Å². The molecule has 4 heteroatoms. The molecule has 1 N–H and O–H groups in total. The first-order valence-electron chi connectivity index (χ1n) is 4.65. The van der Waals surface area contributed by atoms with E-state index in [4.69, 9.17) is 5.11 Å². The van der Waals surface area contributed by atoms with Crippen LogP contribution in [0.25, 0.3) is 10.9 Å². The van der Waals surface area contributed by atoms with Gasteiger partial charge < -0.3 is 9.67 Å². The lowest BCUT2D eigenvalue weighted by atomic mass is 10.1. The van der Waals surface area contributed by atoms with Gasteiger partial charge in [0, 0.05) is 17.8 Å². The number of benzene rings is 1. The summed E-state index contributed by atoms with van der Waals surface area (Å²) in [6, 6.07) is 5.39. The smallest absolute Gasteiger partial charge is 0.337 e. The van der Waals surface area contributed by atoms with Crippen LogP contribution >= 0.6 is 0 Å². The fourth-order valence-corrected chi connectivity index (χ4v) is 1.95. The first kappa shape index (κ1) is 8.23. The molecule has 0 saturated heterocycles. The number of aromatic carboxylic acids is 1. The van der Waals surface area contributed by atoms with Gasteiger partial charge in [0.25, 0.3) is 0 Å². The van der Waals surface area contributed by atoms with Gasteiger partial charge in [0.1, 0.15) is 5.69 Å². The predicted octanol–water partition coefficient (Wildman–Crippen LogP) is 2.06. The van der Waals surface area contributed by atoms with Crippen LogP contribution in [0.5, 0.6) is 0 Å². The molecule has 1 aliphatic heterocycles. The van der Waals surface area contributed by atoms with E-state index in [0.717, 1.165) is 10.9 Å². The van der Waals surface area contributed by atoms with E-state index in [1.54, 1.807) is 12.3 Å². The van der Waals surface area contributed by atoms with Crippen molar-refractivity contribution in [1.29, 1.82) is 0 Å². The molecule has 3 rings (SSSR count). The maximum absolute atomic E-state index is 11.0. The molecule has 0 fully saturated rings. The molecule has 0 atom stereocenters. The molecule has 4 nitrogen and oxygen atoms in total. The third-order valence-electron chi connectivity index (χ3n) is 2.63. The third-order valence-corrected chi connectivity index (χ3v) is 2.63. The van der Waals surface area contributed by atoms with E-state index in [1.807, 2.05) is 22.9 Å². The van der Waals surface area contributed by atoms with Gasteiger partial charge in [0.2, 0.25) is 0 Å². The van der Waals surface area contributed by atoms with Gasteiger partial charge in [-0.15, -0.1) is 0 Å².